The van der Waals surface area contributed by atoms with Crippen molar-refractivity contribution in [2.24, 2.45) is 0 Å². The van der Waals surface area contributed by atoms with Crippen LogP contribution in [0.4, 0.5) is 19.0 Å². The molecule has 5 unspecified atom stereocenters. The van der Waals surface area contributed by atoms with Crippen LogP contribution in [0.2, 0.25) is 0 Å². The molecule has 6 heterocycles. The van der Waals surface area contributed by atoms with Crippen molar-refractivity contribution in [1.82, 2.24) is 29.1 Å². The number of fused-ring (bicyclic) bond motifs is 2. The number of aliphatic hydroxyl groups excluding tert-OH is 2. The number of rotatable bonds is 24. The van der Waals surface area contributed by atoms with Crippen LogP contribution in [0, 0.1) is 0 Å². The number of benzene rings is 1. The summed E-state index contributed by atoms with van der Waals surface area (Å²) in [6, 6.07) is 10.0. The number of H-pyrrole nitrogens is 1. The zero-order valence-corrected chi connectivity index (χ0v) is 41.5. The SMILES string of the molecule is CSCCNc1nc(SCCC(F)(F)F)nc2c1ncn2[C@@H]1O[C@H](COP(=O)(O)OP(=O)(O)OP(=O)(O)OP(=O)(O)OC[C@H]2O[C@@H](Cn3ccc(=O)[nH]c3=O)[C@@H]3OC(Cc4ccccc4)O[C@@H]32)[C@@H](O)[C@H]1O. The quantitative estimate of drug-likeness (QED) is 0.0216. The van der Waals surface area contributed by atoms with Crippen LogP contribution in [0.15, 0.2) is 63.7 Å². The summed E-state index contributed by atoms with van der Waals surface area (Å²) >= 11 is 2.16. The molecule has 0 spiro atoms. The number of imidazole rings is 1. The number of alkyl halides is 3. The highest BCUT2D eigenvalue weighted by Crippen LogP contribution is 2.71. The highest BCUT2D eigenvalue weighted by molar-refractivity contribution is 7.99. The van der Waals surface area contributed by atoms with Crippen LogP contribution in [0.1, 0.15) is 18.2 Å². The average Bonchev–Trinajstić information content (AvgIpc) is 4.02. The fourth-order valence-corrected chi connectivity index (χ4v) is 13.3. The molecule has 394 valence electrons. The molecule has 3 saturated heterocycles. The first kappa shape index (κ1) is 55.8. The minimum Gasteiger partial charge on any atom is -0.387 e. The topological polar surface area (TPSA) is 383 Å². The Hall–Kier alpha value is -2.94. The maximum Gasteiger partial charge on any atom is 0.490 e. The largest absolute Gasteiger partial charge is 0.490 e. The number of aliphatic hydroxyl groups is 2. The lowest BCUT2D eigenvalue weighted by Gasteiger charge is -2.22. The zero-order valence-electron chi connectivity index (χ0n) is 36.3. The van der Waals surface area contributed by atoms with Crippen molar-refractivity contribution >= 4 is 71.8 Å². The van der Waals surface area contributed by atoms with Gasteiger partial charge in [0.2, 0.25) is 0 Å². The third kappa shape index (κ3) is 15.1. The Labute approximate surface area is 405 Å². The Morgan fingerprint density at radius 1 is 0.817 bits per heavy atom. The van der Waals surface area contributed by atoms with Crippen molar-refractivity contribution < 1.29 is 102 Å². The van der Waals surface area contributed by atoms with Gasteiger partial charge >= 0.3 is 43.2 Å². The number of hydrogen-bond donors (Lipinski definition) is 8. The molecule has 3 aliphatic heterocycles. The van der Waals surface area contributed by atoms with Gasteiger partial charge in [-0.05, 0) is 11.8 Å². The lowest BCUT2D eigenvalue weighted by molar-refractivity contribution is -0.136. The predicted molar refractivity (Wildman–Crippen MR) is 238 cm³/mol. The first-order valence-electron chi connectivity index (χ1n) is 20.5. The third-order valence-electron chi connectivity index (χ3n) is 10.2. The molecule has 8 N–H and O–H groups in total. The Bertz CT molecular complexity index is 2820. The molecule has 3 fully saturated rings. The summed E-state index contributed by atoms with van der Waals surface area (Å²) in [5.74, 6) is 0.281. The van der Waals surface area contributed by atoms with E-state index >= 15 is 0 Å². The van der Waals surface area contributed by atoms with Gasteiger partial charge in [0.15, 0.2) is 34.7 Å². The summed E-state index contributed by atoms with van der Waals surface area (Å²) in [5, 5.41) is 24.6. The van der Waals surface area contributed by atoms with Gasteiger partial charge in [-0.15, -0.1) is 0 Å². The van der Waals surface area contributed by atoms with Gasteiger partial charge in [0.25, 0.3) is 5.56 Å². The normalized spacial score (nSPS) is 28.0. The lowest BCUT2D eigenvalue weighted by atomic mass is 10.1. The van der Waals surface area contributed by atoms with Crippen LogP contribution < -0.4 is 16.6 Å². The van der Waals surface area contributed by atoms with Crippen LogP contribution >= 0.6 is 54.8 Å². The number of thioether (sulfide) groups is 2. The van der Waals surface area contributed by atoms with Crippen LogP contribution in [-0.4, -0.2) is 152 Å². The Balaban J connectivity index is 0.944. The second-order valence-electron chi connectivity index (χ2n) is 15.4. The first-order valence-corrected chi connectivity index (χ1v) is 28.9. The number of phosphoric ester groups is 2. The minimum absolute atomic E-state index is 0.0699. The fourth-order valence-electron chi connectivity index (χ4n) is 7.18. The van der Waals surface area contributed by atoms with E-state index in [-0.39, 0.29) is 35.1 Å². The molecule has 3 aromatic heterocycles. The van der Waals surface area contributed by atoms with E-state index in [4.69, 9.17) is 23.5 Å². The highest BCUT2D eigenvalue weighted by Gasteiger charge is 2.54. The smallest absolute Gasteiger partial charge is 0.387 e. The standard InChI is InChI=1S/C34H44F3N7O21P4S2/c1-70-12-9-38-29-24-30(42-32(41-29)71-11-8-34(35,36)37)44(17-39-24)31-26(47)25(46)20(60-31)15-57-66(49,50)63-68(53,54)65-69(55,56)64-67(51,52)58-16-21-28-27(61-23(62-28)13-18-5-3-2-4-6-18)19(59-21)14-43-10-7-22(45)40-33(43)48/h2-7,10,17,19-21,23,25-28,31,46-47H,8-9,11-16H2,1H3,(H,49,50)(H,51,52)(H,53,54)(H,55,56)(H,38,41,42)(H,40,45,48)/t19-,20+,21+,23?,25+,26+,27-,28+,31+/m0/s1. The molecule has 0 bridgehead atoms. The monoisotopic (exact) mass is 1130 g/mol. The predicted octanol–water partition coefficient (Wildman–Crippen LogP) is 2.42. The second-order valence-corrected chi connectivity index (χ2v) is 23.6. The molecule has 0 aliphatic carbocycles. The third-order valence-corrected chi connectivity index (χ3v) is 17.6. The second kappa shape index (κ2) is 22.9. The number of aromatic nitrogens is 6. The van der Waals surface area contributed by atoms with Crippen molar-refractivity contribution in [3.8, 4) is 0 Å². The molecular formula is C34H44F3N7O21P4S2. The number of nitrogens with one attached hydrogen (secondary N) is 2. The molecule has 1 aromatic carbocycles. The van der Waals surface area contributed by atoms with E-state index in [1.54, 1.807) is 30.3 Å². The van der Waals surface area contributed by atoms with E-state index < -0.39 is 129 Å². The van der Waals surface area contributed by atoms with Crippen LogP contribution in [-0.2, 0) is 72.2 Å². The van der Waals surface area contributed by atoms with E-state index in [1.807, 2.05) is 6.26 Å². The van der Waals surface area contributed by atoms with E-state index in [2.05, 4.69) is 42.7 Å². The van der Waals surface area contributed by atoms with E-state index in [9.17, 15) is 70.8 Å². The number of ether oxygens (including phenoxy) is 4. The molecule has 13 atom stereocenters. The Morgan fingerprint density at radius 3 is 2.08 bits per heavy atom. The van der Waals surface area contributed by atoms with Gasteiger partial charge < -0.3 is 54.1 Å². The summed E-state index contributed by atoms with van der Waals surface area (Å²) in [5.41, 5.74) is -0.641. The molecular weight excluding hydrogens is 1090 g/mol. The highest BCUT2D eigenvalue weighted by atomic mass is 32.2. The summed E-state index contributed by atoms with van der Waals surface area (Å²) in [7, 11) is -24.3. The first-order chi connectivity index (χ1) is 33.3. The maximum atomic E-state index is 12.9. The molecule has 4 aromatic rings. The molecule has 0 saturated carbocycles. The van der Waals surface area contributed by atoms with E-state index in [0.717, 1.165) is 27.1 Å². The maximum absolute atomic E-state index is 12.9. The molecule has 71 heavy (non-hydrogen) atoms. The van der Waals surface area contributed by atoms with Gasteiger partial charge in [0.1, 0.15) is 42.7 Å². The van der Waals surface area contributed by atoms with Gasteiger partial charge in [0, 0.05) is 36.7 Å². The number of anilines is 1. The molecule has 7 rings (SSSR count). The van der Waals surface area contributed by atoms with Crippen molar-refractivity contribution in [3.05, 3.63) is 75.3 Å². The fraction of sp³-hybridized carbons (Fsp3) is 0.559. The van der Waals surface area contributed by atoms with Crippen molar-refractivity contribution in [3.63, 3.8) is 0 Å². The molecule has 0 amide bonds. The number of aromatic amines is 1. The van der Waals surface area contributed by atoms with Crippen LogP contribution in [0.3, 0.4) is 0 Å². The molecule has 3 aliphatic rings. The number of phosphoric acid groups is 4. The Morgan fingerprint density at radius 2 is 1.45 bits per heavy atom. The van der Waals surface area contributed by atoms with Crippen molar-refractivity contribution in [2.45, 2.75) is 86.0 Å². The van der Waals surface area contributed by atoms with Gasteiger partial charge in [-0.25, -0.2) is 38.0 Å². The lowest BCUT2D eigenvalue weighted by Crippen LogP contribution is -2.37. The van der Waals surface area contributed by atoms with Crippen molar-refractivity contribution in [1.29, 1.82) is 0 Å². The van der Waals surface area contributed by atoms with Crippen LogP contribution in [0.5, 0.6) is 0 Å². The summed E-state index contributed by atoms with van der Waals surface area (Å²) in [4.78, 5) is 79.7. The minimum atomic E-state index is -6.29. The molecule has 0 radical (unpaired) electrons. The molecule has 28 nitrogen and oxygen atoms in total. The average molecular weight is 1130 g/mol. The van der Waals surface area contributed by atoms with Gasteiger partial charge in [-0.3, -0.25) is 28.0 Å². The van der Waals surface area contributed by atoms with E-state index in [1.165, 1.54) is 18.0 Å². The summed E-state index contributed by atoms with van der Waals surface area (Å²) in [6.45, 7) is -2.01. The van der Waals surface area contributed by atoms with Gasteiger partial charge in [0.05, 0.1) is 32.5 Å². The van der Waals surface area contributed by atoms with Gasteiger partial charge in [-0.2, -0.15) is 37.9 Å². The van der Waals surface area contributed by atoms with Gasteiger partial charge in [-0.1, -0.05) is 42.1 Å². The molecule has 37 heteroatoms. The zero-order chi connectivity index (χ0) is 51.5. The van der Waals surface area contributed by atoms with Crippen molar-refractivity contribution in [2.75, 3.05) is 42.8 Å². The van der Waals surface area contributed by atoms with Crippen LogP contribution in [0.25, 0.3) is 11.2 Å². The Kier molecular flexibility index (Phi) is 18.0. The number of hydrogen-bond acceptors (Lipinski definition) is 23. The summed E-state index contributed by atoms with van der Waals surface area (Å²) < 4.78 is 137. The summed E-state index contributed by atoms with van der Waals surface area (Å²) in [6.07, 6.45) is -13.6. The van der Waals surface area contributed by atoms with E-state index in [0.29, 0.717) is 24.1 Å². The number of halogens is 3. The number of nitrogens with zero attached hydrogens (tertiary/aromatic N) is 5.